The summed E-state index contributed by atoms with van der Waals surface area (Å²) in [5.74, 6) is 0.258. The molecule has 0 amide bonds. The molecule has 3 N–H and O–H groups in total. The van der Waals surface area contributed by atoms with Crippen molar-refractivity contribution in [1.29, 1.82) is 0 Å². The van der Waals surface area contributed by atoms with Gasteiger partial charge in [-0.3, -0.25) is 37.3 Å². The first-order valence-electron chi connectivity index (χ1n) is 38.9. The molecule has 0 saturated carbocycles. The molecular formula is C75H146O17P2. The minimum absolute atomic E-state index is 0.105. The number of hydrogen-bond donors (Lipinski definition) is 3. The third-order valence-corrected chi connectivity index (χ3v) is 19.6. The summed E-state index contributed by atoms with van der Waals surface area (Å²) in [5.41, 5.74) is 0. The van der Waals surface area contributed by atoms with E-state index in [0.717, 1.165) is 120 Å². The maximum atomic E-state index is 13.1. The minimum atomic E-state index is -4.96. The quantitative estimate of drug-likeness (QED) is 0.0222. The van der Waals surface area contributed by atoms with Gasteiger partial charge < -0.3 is 33.8 Å². The van der Waals surface area contributed by atoms with Gasteiger partial charge in [-0.15, -0.1) is 0 Å². The average molecular weight is 1380 g/mol. The second kappa shape index (κ2) is 65.7. The maximum Gasteiger partial charge on any atom is 0.472 e. The van der Waals surface area contributed by atoms with Gasteiger partial charge in [0.05, 0.1) is 26.4 Å². The molecule has 0 aliphatic heterocycles. The van der Waals surface area contributed by atoms with E-state index in [4.69, 9.17) is 37.0 Å². The van der Waals surface area contributed by atoms with Crippen LogP contribution in [0, 0.1) is 17.8 Å². The summed E-state index contributed by atoms with van der Waals surface area (Å²) < 4.78 is 68.4. The Labute approximate surface area is 575 Å². The van der Waals surface area contributed by atoms with Gasteiger partial charge in [-0.05, 0) is 43.4 Å². The van der Waals surface area contributed by atoms with Gasteiger partial charge in [0.15, 0.2) is 12.2 Å². The van der Waals surface area contributed by atoms with Crippen molar-refractivity contribution >= 4 is 39.5 Å². The van der Waals surface area contributed by atoms with Crippen molar-refractivity contribution in [2.45, 2.75) is 401 Å². The van der Waals surface area contributed by atoms with Gasteiger partial charge in [0.1, 0.15) is 19.3 Å². The minimum Gasteiger partial charge on any atom is -0.462 e. The zero-order valence-corrected chi connectivity index (χ0v) is 63.2. The lowest BCUT2D eigenvalue weighted by molar-refractivity contribution is -0.161. The van der Waals surface area contributed by atoms with Crippen LogP contribution in [0.25, 0.3) is 0 Å². The van der Waals surface area contributed by atoms with E-state index in [0.29, 0.717) is 25.7 Å². The topological polar surface area (TPSA) is 237 Å². The highest BCUT2D eigenvalue weighted by Crippen LogP contribution is 2.45. The summed E-state index contributed by atoms with van der Waals surface area (Å²) in [6.45, 7) is 11.9. The van der Waals surface area contributed by atoms with Crippen LogP contribution in [0.2, 0.25) is 0 Å². The fourth-order valence-corrected chi connectivity index (χ4v) is 13.0. The summed E-state index contributed by atoms with van der Waals surface area (Å²) in [4.78, 5) is 72.6. The highest BCUT2D eigenvalue weighted by molar-refractivity contribution is 7.47. The largest absolute Gasteiger partial charge is 0.472 e. The molecule has 0 rings (SSSR count). The number of carbonyl (C=O) groups is 4. The fraction of sp³-hybridized carbons (Fsp3) is 0.947. The summed E-state index contributed by atoms with van der Waals surface area (Å²) in [7, 11) is -9.90. The number of aliphatic hydroxyl groups excluding tert-OH is 1. The molecule has 0 radical (unpaired) electrons. The van der Waals surface area contributed by atoms with Crippen molar-refractivity contribution in [3.8, 4) is 0 Å². The number of aliphatic hydroxyl groups is 1. The molecule has 3 unspecified atom stereocenters. The predicted molar refractivity (Wildman–Crippen MR) is 381 cm³/mol. The number of phosphoric acid groups is 2. The molecular weight excluding hydrogens is 1230 g/mol. The van der Waals surface area contributed by atoms with Crippen molar-refractivity contribution in [2.24, 2.45) is 17.8 Å². The maximum absolute atomic E-state index is 13.1. The Morgan fingerprint density at radius 1 is 0.309 bits per heavy atom. The molecule has 94 heavy (non-hydrogen) atoms. The number of unbranched alkanes of at least 4 members (excludes halogenated alkanes) is 40. The van der Waals surface area contributed by atoms with Crippen molar-refractivity contribution in [3.63, 3.8) is 0 Å². The molecule has 0 aliphatic rings. The Morgan fingerprint density at radius 3 is 0.809 bits per heavy atom. The Morgan fingerprint density at radius 2 is 0.543 bits per heavy atom. The van der Waals surface area contributed by atoms with E-state index in [2.05, 4.69) is 48.5 Å². The number of carbonyl (C=O) groups excluding carboxylic acids is 4. The first-order chi connectivity index (χ1) is 45.3. The first kappa shape index (κ1) is 92.1. The van der Waals surface area contributed by atoms with Gasteiger partial charge in [-0.2, -0.15) is 0 Å². The van der Waals surface area contributed by atoms with Crippen molar-refractivity contribution in [3.05, 3.63) is 0 Å². The highest BCUT2D eigenvalue weighted by atomic mass is 31.2. The molecule has 558 valence electrons. The van der Waals surface area contributed by atoms with Crippen molar-refractivity contribution in [2.75, 3.05) is 39.6 Å². The smallest absolute Gasteiger partial charge is 0.462 e. The first-order valence-corrected chi connectivity index (χ1v) is 41.9. The molecule has 0 aromatic rings. The Hall–Kier alpha value is -1.94. The van der Waals surface area contributed by atoms with E-state index in [1.165, 1.54) is 180 Å². The third kappa shape index (κ3) is 67.3. The number of esters is 4. The van der Waals surface area contributed by atoms with Crippen LogP contribution in [0.15, 0.2) is 0 Å². The molecule has 0 aromatic heterocycles. The van der Waals surface area contributed by atoms with Gasteiger partial charge >= 0.3 is 39.5 Å². The van der Waals surface area contributed by atoms with Crippen LogP contribution in [0.5, 0.6) is 0 Å². The second-order valence-corrected chi connectivity index (χ2v) is 31.1. The van der Waals surface area contributed by atoms with Gasteiger partial charge in [-0.1, -0.05) is 331 Å². The van der Waals surface area contributed by atoms with Crippen LogP contribution in [-0.4, -0.2) is 96.7 Å². The van der Waals surface area contributed by atoms with Crippen molar-refractivity contribution in [1.82, 2.24) is 0 Å². The van der Waals surface area contributed by atoms with Crippen LogP contribution in [0.3, 0.4) is 0 Å². The molecule has 0 fully saturated rings. The Bertz CT molecular complexity index is 1840. The standard InChI is InChI=1S/C75H146O17P2/c1-8-10-11-12-32-42-49-56-72(77)85-62-70(91-75(80)59-52-45-38-31-25-27-34-40-47-54-67(5)6)64-89-93(81,82)87-60-69(76)61-88-94(83,84)90-65-71(63-86-73(78)57-50-43-36-29-23-19-15-13-17-21-26-33-39-46-53-66(3)4)92-74(79)58-51-44-37-30-24-20-16-14-18-22-28-35-41-48-55-68(7)9-2/h66-71,76H,8-65H2,1-7H3,(H,81,82)(H,83,84)/t68?,69-,70+,71+/m0/s1. The zero-order chi connectivity index (χ0) is 69.4. The van der Waals surface area contributed by atoms with Crippen LogP contribution >= 0.6 is 15.6 Å². The molecule has 0 spiro atoms. The number of phosphoric ester groups is 2. The van der Waals surface area contributed by atoms with Gasteiger partial charge in [-0.25, -0.2) is 9.13 Å². The summed E-state index contributed by atoms with van der Waals surface area (Å²) in [5, 5.41) is 10.6. The number of hydrogen-bond acceptors (Lipinski definition) is 15. The summed E-state index contributed by atoms with van der Waals surface area (Å²) in [6, 6.07) is 0. The lowest BCUT2D eigenvalue weighted by Gasteiger charge is -2.21. The highest BCUT2D eigenvalue weighted by Gasteiger charge is 2.30. The molecule has 17 nitrogen and oxygen atoms in total. The zero-order valence-electron chi connectivity index (χ0n) is 61.4. The van der Waals surface area contributed by atoms with Gasteiger partial charge in [0, 0.05) is 25.7 Å². The molecule has 0 bridgehead atoms. The molecule has 6 atom stereocenters. The van der Waals surface area contributed by atoms with Crippen LogP contribution in [0.1, 0.15) is 382 Å². The second-order valence-electron chi connectivity index (χ2n) is 28.2. The monoisotopic (exact) mass is 1380 g/mol. The van der Waals surface area contributed by atoms with E-state index in [1.807, 2.05) is 0 Å². The molecule has 0 heterocycles. The molecule has 0 aliphatic carbocycles. The average Bonchev–Trinajstić information content (AvgIpc) is 1.17. The Kier molecular flexibility index (Phi) is 64.3. The summed E-state index contributed by atoms with van der Waals surface area (Å²) in [6.07, 6.45) is 51.4. The van der Waals surface area contributed by atoms with E-state index in [9.17, 15) is 43.2 Å². The van der Waals surface area contributed by atoms with E-state index in [1.54, 1.807) is 0 Å². The molecule has 19 heteroatoms. The third-order valence-electron chi connectivity index (χ3n) is 17.7. The fourth-order valence-electron chi connectivity index (χ4n) is 11.4. The van der Waals surface area contributed by atoms with Crippen molar-refractivity contribution < 1.29 is 80.2 Å². The lowest BCUT2D eigenvalue weighted by atomic mass is 9.99. The van der Waals surface area contributed by atoms with Crippen LogP contribution in [-0.2, 0) is 65.4 Å². The SMILES string of the molecule is CCCCCCCCCC(=O)OC[C@H](COP(=O)(O)OC[C@H](O)COP(=O)(O)OC[C@@H](COC(=O)CCCCCCCCCCCCCCCCC(C)C)OC(=O)CCCCCCCCCCCCCCCCC(C)CC)OC(=O)CCCCCCCCCCCC(C)C. The normalized spacial score (nSPS) is 14.4. The van der Waals surface area contributed by atoms with Crippen LogP contribution < -0.4 is 0 Å². The van der Waals surface area contributed by atoms with Crippen LogP contribution in [0.4, 0.5) is 0 Å². The molecule has 0 saturated heterocycles. The molecule has 0 aromatic carbocycles. The predicted octanol–water partition coefficient (Wildman–Crippen LogP) is 21.8. The summed E-state index contributed by atoms with van der Waals surface area (Å²) >= 11 is 0. The number of ether oxygens (including phenoxy) is 4. The van der Waals surface area contributed by atoms with E-state index < -0.39 is 97.5 Å². The van der Waals surface area contributed by atoms with Gasteiger partial charge in [0.25, 0.3) is 0 Å². The Balaban J connectivity index is 5.20. The van der Waals surface area contributed by atoms with Gasteiger partial charge in [0.2, 0.25) is 0 Å². The van der Waals surface area contributed by atoms with E-state index >= 15 is 0 Å². The van der Waals surface area contributed by atoms with E-state index in [-0.39, 0.29) is 25.7 Å². The number of rotatable bonds is 73. The lowest BCUT2D eigenvalue weighted by Crippen LogP contribution is -2.30.